The van der Waals surface area contributed by atoms with Gasteiger partial charge in [-0.1, -0.05) is 12.1 Å². The van der Waals surface area contributed by atoms with Gasteiger partial charge >= 0.3 is 0 Å². The van der Waals surface area contributed by atoms with E-state index in [1.54, 1.807) is 14.2 Å². The first-order valence-electron chi connectivity index (χ1n) is 10.7. The molecule has 1 aromatic heterocycles. The Morgan fingerprint density at radius 3 is 2.52 bits per heavy atom. The molecule has 0 bridgehead atoms. The molecule has 1 aromatic carbocycles. The Labute approximate surface area is 182 Å². The molecule has 2 aliphatic heterocycles. The van der Waals surface area contributed by atoms with Gasteiger partial charge in [-0.15, -0.1) is 0 Å². The number of hydrogen-bond acceptors (Lipinski definition) is 5. The first-order chi connectivity index (χ1) is 15.1. The van der Waals surface area contributed by atoms with Gasteiger partial charge in [-0.25, -0.2) is 4.98 Å². The fourth-order valence-electron chi connectivity index (χ4n) is 4.48. The number of likely N-dealkylation sites (tertiary alicyclic amines) is 1. The number of methoxy groups -OCH3 is 2. The van der Waals surface area contributed by atoms with Crippen LogP contribution in [0.5, 0.6) is 11.5 Å². The molecule has 2 aromatic rings. The van der Waals surface area contributed by atoms with Crippen LogP contribution >= 0.6 is 0 Å². The first kappa shape index (κ1) is 21.1. The number of benzene rings is 1. The number of amides is 2. The number of ether oxygens (including phenoxy) is 2. The molecule has 31 heavy (non-hydrogen) atoms. The minimum absolute atomic E-state index is 0.0415. The van der Waals surface area contributed by atoms with Gasteiger partial charge in [-0.3, -0.25) is 19.4 Å². The summed E-state index contributed by atoms with van der Waals surface area (Å²) in [5.74, 6) is 2.29. The minimum atomic E-state index is -0.264. The molecule has 8 nitrogen and oxygen atoms in total. The first-order valence-corrected chi connectivity index (χ1v) is 10.7. The molecule has 3 heterocycles. The third-order valence-corrected chi connectivity index (χ3v) is 6.25. The summed E-state index contributed by atoms with van der Waals surface area (Å²) in [6.45, 7) is 3.80. The monoisotopic (exact) mass is 426 g/mol. The zero-order valence-corrected chi connectivity index (χ0v) is 18.1. The Kier molecular flexibility index (Phi) is 6.36. The zero-order valence-electron chi connectivity index (χ0n) is 18.1. The summed E-state index contributed by atoms with van der Waals surface area (Å²) >= 11 is 0. The van der Waals surface area contributed by atoms with Gasteiger partial charge in [-0.2, -0.15) is 0 Å². The van der Waals surface area contributed by atoms with E-state index in [4.69, 9.17) is 9.47 Å². The van der Waals surface area contributed by atoms with E-state index >= 15 is 0 Å². The van der Waals surface area contributed by atoms with E-state index in [0.717, 1.165) is 37.6 Å². The third-order valence-electron chi connectivity index (χ3n) is 6.25. The highest BCUT2D eigenvalue weighted by Gasteiger charge is 2.46. The van der Waals surface area contributed by atoms with E-state index in [9.17, 15) is 9.59 Å². The maximum atomic E-state index is 13.0. The van der Waals surface area contributed by atoms with Gasteiger partial charge in [0.1, 0.15) is 26.2 Å². The number of pyridine rings is 1. The van der Waals surface area contributed by atoms with Gasteiger partial charge in [-0.05, 0) is 30.2 Å². The highest BCUT2D eigenvalue weighted by atomic mass is 16.5. The van der Waals surface area contributed by atoms with Crippen LogP contribution in [0.15, 0.2) is 42.6 Å². The maximum Gasteiger partial charge on any atom is 0.288 e. The highest BCUT2D eigenvalue weighted by molar-refractivity contribution is 6.04. The van der Waals surface area contributed by atoms with E-state index in [-0.39, 0.29) is 17.9 Å². The van der Waals surface area contributed by atoms with Crippen LogP contribution in [0.1, 0.15) is 12.0 Å². The number of rotatable bonds is 7. The molecule has 2 fully saturated rings. The summed E-state index contributed by atoms with van der Waals surface area (Å²) in [6.07, 6.45) is 2.82. The number of nitrogens with zero attached hydrogens (tertiary/aromatic N) is 2. The third kappa shape index (κ3) is 4.49. The van der Waals surface area contributed by atoms with Crippen LogP contribution in [-0.2, 0) is 16.0 Å². The molecule has 0 unspecified atom stereocenters. The van der Waals surface area contributed by atoms with Crippen LogP contribution in [0.25, 0.3) is 0 Å². The lowest BCUT2D eigenvalue weighted by atomic mass is 10.1. The zero-order chi connectivity index (χ0) is 21.8. The molecule has 0 spiro atoms. The SMILES string of the molecule is COc1ccc(CCN2C(=O)C[C@H]([NH+]3CCN(c4cccc[nH+]4)CC3)C2=O)cc1OC. The Morgan fingerprint density at radius 1 is 1.06 bits per heavy atom. The van der Waals surface area contributed by atoms with E-state index in [2.05, 4.69) is 16.0 Å². The number of imide groups is 1. The summed E-state index contributed by atoms with van der Waals surface area (Å²) < 4.78 is 10.6. The molecule has 2 amide bonds. The smallest absolute Gasteiger partial charge is 0.288 e. The molecule has 2 aliphatic rings. The highest BCUT2D eigenvalue weighted by Crippen LogP contribution is 2.28. The molecule has 4 rings (SSSR count). The van der Waals surface area contributed by atoms with Crippen molar-refractivity contribution < 1.29 is 28.9 Å². The van der Waals surface area contributed by atoms with E-state index in [1.807, 2.05) is 36.5 Å². The normalized spacial score (nSPS) is 19.7. The summed E-state index contributed by atoms with van der Waals surface area (Å²) in [4.78, 5) is 33.8. The number of aromatic amines is 1. The lowest BCUT2D eigenvalue weighted by molar-refractivity contribution is -0.915. The molecule has 2 N–H and O–H groups in total. The van der Waals surface area contributed by atoms with Crippen molar-refractivity contribution >= 4 is 17.6 Å². The topological polar surface area (TPSA) is 77.7 Å². The van der Waals surface area contributed by atoms with Crippen LogP contribution in [0.3, 0.4) is 0 Å². The van der Waals surface area contributed by atoms with Crippen molar-refractivity contribution in [2.24, 2.45) is 0 Å². The second-order valence-electron chi connectivity index (χ2n) is 7.97. The number of H-pyrrole nitrogens is 1. The van der Waals surface area contributed by atoms with Crippen molar-refractivity contribution in [1.29, 1.82) is 0 Å². The van der Waals surface area contributed by atoms with Crippen molar-refractivity contribution in [2.75, 3.05) is 51.8 Å². The molecule has 0 radical (unpaired) electrons. The second kappa shape index (κ2) is 9.34. The molecular formula is C23H30N4O4+2. The fraction of sp³-hybridized carbons (Fsp3) is 0.435. The Hall–Kier alpha value is -3.13. The number of carbonyl (C=O) groups is 2. The Morgan fingerprint density at radius 2 is 1.84 bits per heavy atom. The largest absolute Gasteiger partial charge is 0.493 e. The summed E-state index contributed by atoms with van der Waals surface area (Å²) in [7, 11) is 3.19. The van der Waals surface area contributed by atoms with Crippen LogP contribution in [0.2, 0.25) is 0 Å². The number of nitrogens with one attached hydrogen (secondary N) is 2. The van der Waals surface area contributed by atoms with E-state index < -0.39 is 0 Å². The number of piperazine rings is 1. The van der Waals surface area contributed by atoms with Gasteiger partial charge in [0.2, 0.25) is 5.91 Å². The molecule has 8 heteroatoms. The maximum absolute atomic E-state index is 13.0. The average Bonchev–Trinajstić information content (AvgIpc) is 3.11. The minimum Gasteiger partial charge on any atom is -0.493 e. The van der Waals surface area contributed by atoms with Crippen molar-refractivity contribution in [2.45, 2.75) is 18.9 Å². The van der Waals surface area contributed by atoms with Crippen molar-refractivity contribution in [3.63, 3.8) is 0 Å². The van der Waals surface area contributed by atoms with E-state index in [0.29, 0.717) is 30.9 Å². The number of carbonyl (C=O) groups excluding carboxylic acids is 2. The van der Waals surface area contributed by atoms with E-state index in [1.165, 1.54) is 9.80 Å². The van der Waals surface area contributed by atoms with Crippen molar-refractivity contribution in [3.8, 4) is 11.5 Å². The number of hydrogen-bond donors (Lipinski definition) is 1. The Balaban J connectivity index is 1.34. The van der Waals surface area contributed by atoms with Crippen molar-refractivity contribution in [3.05, 3.63) is 48.2 Å². The Bertz CT molecular complexity index is 928. The molecule has 1 atom stereocenters. The van der Waals surface area contributed by atoms with Crippen LogP contribution < -0.4 is 24.3 Å². The predicted octanol–water partition coefficient (Wildman–Crippen LogP) is -0.407. The summed E-state index contributed by atoms with van der Waals surface area (Å²) in [6, 6.07) is 11.5. The van der Waals surface area contributed by atoms with Crippen LogP contribution in [-0.4, -0.2) is 69.7 Å². The van der Waals surface area contributed by atoms with Crippen LogP contribution in [0.4, 0.5) is 5.82 Å². The summed E-state index contributed by atoms with van der Waals surface area (Å²) in [5.41, 5.74) is 1.00. The molecule has 2 saturated heterocycles. The van der Waals surface area contributed by atoms with Crippen LogP contribution in [0, 0.1) is 0 Å². The fourth-order valence-corrected chi connectivity index (χ4v) is 4.48. The average molecular weight is 427 g/mol. The standard InChI is InChI=1S/C23H28N4O4/c1-30-19-7-6-17(15-20(19)31-2)8-10-27-22(28)16-18(23(27)29)25-11-13-26(14-12-25)21-5-3-4-9-24-21/h3-7,9,15,18H,8,10-14,16H2,1-2H3/p+2/t18-/m0/s1. The molecule has 0 aliphatic carbocycles. The molecule has 0 saturated carbocycles. The van der Waals surface area contributed by atoms with Gasteiger partial charge < -0.3 is 14.4 Å². The van der Waals surface area contributed by atoms with Gasteiger partial charge in [0.25, 0.3) is 11.7 Å². The number of quaternary nitrogens is 1. The van der Waals surface area contributed by atoms with Gasteiger partial charge in [0.15, 0.2) is 17.5 Å². The predicted molar refractivity (Wildman–Crippen MR) is 114 cm³/mol. The summed E-state index contributed by atoms with van der Waals surface area (Å²) in [5, 5.41) is 0. The molecular weight excluding hydrogens is 396 g/mol. The number of aromatic nitrogens is 1. The quantitative estimate of drug-likeness (QED) is 0.610. The van der Waals surface area contributed by atoms with Gasteiger partial charge in [0, 0.05) is 12.6 Å². The van der Waals surface area contributed by atoms with Crippen molar-refractivity contribution in [1.82, 2.24) is 4.90 Å². The lowest BCUT2D eigenvalue weighted by Gasteiger charge is -2.31. The number of anilines is 1. The molecule has 164 valence electrons. The van der Waals surface area contributed by atoms with Gasteiger partial charge in [0.05, 0.1) is 26.8 Å². The second-order valence-corrected chi connectivity index (χ2v) is 7.97. The lowest BCUT2D eigenvalue weighted by Crippen LogP contribution is -3.19.